The summed E-state index contributed by atoms with van der Waals surface area (Å²) >= 11 is 1.98. The number of nitrogens with one attached hydrogen (secondary N) is 2. The number of carbonyl (C=O) groups is 1. The minimum Gasteiger partial charge on any atom is -0.355 e. The number of amides is 2. The van der Waals surface area contributed by atoms with Crippen molar-refractivity contribution >= 4 is 29.3 Å². The van der Waals surface area contributed by atoms with E-state index in [2.05, 4.69) is 33.5 Å². The molecule has 6 heteroatoms. The highest BCUT2D eigenvalue weighted by molar-refractivity contribution is 7.99. The molecular weight excluding hydrogens is 332 g/mol. The van der Waals surface area contributed by atoms with Crippen LogP contribution in [0.5, 0.6) is 0 Å². The number of thioether (sulfide) groups is 1. The van der Waals surface area contributed by atoms with Crippen LogP contribution >= 0.6 is 11.8 Å². The molecule has 5 nitrogen and oxygen atoms in total. The lowest BCUT2D eigenvalue weighted by atomic mass is 10.1. The van der Waals surface area contributed by atoms with Crippen molar-refractivity contribution in [1.82, 2.24) is 10.3 Å². The van der Waals surface area contributed by atoms with E-state index < -0.39 is 0 Å². The molecule has 0 radical (unpaired) electrons. The third-order valence-electron chi connectivity index (χ3n) is 4.24. The number of pyridine rings is 1. The lowest BCUT2D eigenvalue weighted by Gasteiger charge is -2.27. The average molecular weight is 356 g/mol. The number of benzene rings is 1. The van der Waals surface area contributed by atoms with Crippen LogP contribution in [0.3, 0.4) is 0 Å². The molecule has 1 aromatic heterocycles. The number of aromatic nitrogens is 1. The Kier molecular flexibility index (Phi) is 6.17. The van der Waals surface area contributed by atoms with E-state index in [0.717, 1.165) is 53.6 Å². The molecule has 0 atom stereocenters. The second-order valence-corrected chi connectivity index (χ2v) is 7.16. The van der Waals surface area contributed by atoms with Gasteiger partial charge in [0.05, 0.1) is 0 Å². The number of hydrogen-bond acceptors (Lipinski definition) is 4. The van der Waals surface area contributed by atoms with E-state index in [1.54, 1.807) is 0 Å². The molecular formula is C19H24N4OS. The maximum absolute atomic E-state index is 12.2. The van der Waals surface area contributed by atoms with Gasteiger partial charge < -0.3 is 15.5 Å². The van der Waals surface area contributed by atoms with Gasteiger partial charge in [0, 0.05) is 43.0 Å². The van der Waals surface area contributed by atoms with Gasteiger partial charge in [0.25, 0.3) is 0 Å². The molecule has 0 aliphatic carbocycles. The highest BCUT2D eigenvalue weighted by Crippen LogP contribution is 2.18. The van der Waals surface area contributed by atoms with Crippen LogP contribution in [0.4, 0.5) is 16.3 Å². The number of nitrogens with zero attached hydrogens (tertiary/aromatic N) is 2. The summed E-state index contributed by atoms with van der Waals surface area (Å²) in [6.45, 7) is 4.62. The van der Waals surface area contributed by atoms with Gasteiger partial charge in [0.1, 0.15) is 5.82 Å². The van der Waals surface area contributed by atoms with Crippen LogP contribution in [0, 0.1) is 0 Å². The third-order valence-corrected chi connectivity index (χ3v) is 5.19. The molecule has 0 unspecified atom stereocenters. The van der Waals surface area contributed by atoms with E-state index in [1.165, 1.54) is 0 Å². The maximum Gasteiger partial charge on any atom is 0.319 e. The van der Waals surface area contributed by atoms with Gasteiger partial charge in [-0.3, -0.25) is 0 Å². The molecule has 1 aromatic carbocycles. The molecule has 1 saturated heterocycles. The molecule has 25 heavy (non-hydrogen) atoms. The average Bonchev–Trinajstić information content (AvgIpc) is 2.68. The minimum absolute atomic E-state index is 0.186. The number of anilines is 2. The van der Waals surface area contributed by atoms with Gasteiger partial charge in [0.15, 0.2) is 0 Å². The lowest BCUT2D eigenvalue weighted by Crippen LogP contribution is -2.33. The summed E-state index contributed by atoms with van der Waals surface area (Å²) in [5.41, 5.74) is 3.05. The molecule has 1 fully saturated rings. The molecule has 1 aliphatic heterocycles. The Bertz CT molecular complexity index is 716. The number of aryl methyl sites for hydroxylation is 1. The SMILES string of the molecule is CCc1ccccc1NC(=O)NCc1ccnc(N2CCSCC2)c1. The van der Waals surface area contributed by atoms with Gasteiger partial charge in [-0.25, -0.2) is 9.78 Å². The fraction of sp³-hybridized carbons (Fsp3) is 0.368. The number of rotatable bonds is 5. The van der Waals surface area contributed by atoms with Crippen LogP contribution in [0.25, 0.3) is 0 Å². The number of urea groups is 1. The molecule has 2 N–H and O–H groups in total. The highest BCUT2D eigenvalue weighted by Gasteiger charge is 2.12. The Morgan fingerprint density at radius 2 is 2.04 bits per heavy atom. The summed E-state index contributed by atoms with van der Waals surface area (Å²) in [7, 11) is 0. The second kappa shape index (κ2) is 8.76. The van der Waals surface area contributed by atoms with Crippen molar-refractivity contribution in [3.63, 3.8) is 0 Å². The van der Waals surface area contributed by atoms with Crippen LogP contribution in [-0.4, -0.2) is 35.6 Å². The molecule has 2 heterocycles. The zero-order chi connectivity index (χ0) is 17.5. The summed E-state index contributed by atoms with van der Waals surface area (Å²) < 4.78 is 0. The molecule has 2 amide bonds. The quantitative estimate of drug-likeness (QED) is 0.861. The number of para-hydroxylation sites is 1. The standard InChI is InChI=1S/C19H24N4OS/c1-2-16-5-3-4-6-17(16)22-19(24)21-14-15-7-8-20-18(13-15)23-9-11-25-12-10-23/h3-8,13H,2,9-12,14H2,1H3,(H2,21,22,24). The van der Waals surface area contributed by atoms with Gasteiger partial charge in [0.2, 0.25) is 0 Å². The van der Waals surface area contributed by atoms with Crippen molar-refractivity contribution in [3.05, 3.63) is 53.7 Å². The first-order valence-corrected chi connectivity index (χ1v) is 9.82. The summed E-state index contributed by atoms with van der Waals surface area (Å²) in [5, 5.41) is 5.86. The maximum atomic E-state index is 12.2. The predicted octanol–water partition coefficient (Wildman–Crippen LogP) is 3.52. The van der Waals surface area contributed by atoms with Crippen LogP contribution < -0.4 is 15.5 Å². The number of hydrogen-bond donors (Lipinski definition) is 2. The fourth-order valence-corrected chi connectivity index (χ4v) is 3.74. The van der Waals surface area contributed by atoms with Crippen molar-refractivity contribution in [1.29, 1.82) is 0 Å². The highest BCUT2D eigenvalue weighted by atomic mass is 32.2. The van der Waals surface area contributed by atoms with E-state index in [9.17, 15) is 4.79 Å². The van der Waals surface area contributed by atoms with Crippen LogP contribution in [-0.2, 0) is 13.0 Å². The van der Waals surface area contributed by atoms with Gasteiger partial charge in [-0.05, 0) is 35.7 Å². The molecule has 0 saturated carbocycles. The Hall–Kier alpha value is -2.21. The fourth-order valence-electron chi connectivity index (χ4n) is 2.84. The lowest BCUT2D eigenvalue weighted by molar-refractivity contribution is 0.251. The van der Waals surface area contributed by atoms with E-state index in [1.807, 2.05) is 48.3 Å². The van der Waals surface area contributed by atoms with E-state index in [-0.39, 0.29) is 6.03 Å². The van der Waals surface area contributed by atoms with Gasteiger partial charge in [-0.2, -0.15) is 11.8 Å². The minimum atomic E-state index is -0.186. The Morgan fingerprint density at radius 3 is 2.84 bits per heavy atom. The van der Waals surface area contributed by atoms with Gasteiger partial charge in [-0.15, -0.1) is 0 Å². The Labute approximate surface area is 153 Å². The first-order chi connectivity index (χ1) is 12.3. The molecule has 2 aromatic rings. The largest absolute Gasteiger partial charge is 0.355 e. The van der Waals surface area contributed by atoms with Crippen LogP contribution in [0.2, 0.25) is 0 Å². The normalized spacial score (nSPS) is 14.2. The van der Waals surface area contributed by atoms with Crippen LogP contribution in [0.1, 0.15) is 18.1 Å². The molecule has 3 rings (SSSR count). The zero-order valence-electron chi connectivity index (χ0n) is 14.5. The molecule has 0 spiro atoms. The van der Waals surface area contributed by atoms with Crippen molar-refractivity contribution in [2.75, 3.05) is 34.8 Å². The van der Waals surface area contributed by atoms with Crippen molar-refractivity contribution in [2.24, 2.45) is 0 Å². The van der Waals surface area contributed by atoms with E-state index in [4.69, 9.17) is 0 Å². The molecule has 1 aliphatic rings. The zero-order valence-corrected chi connectivity index (χ0v) is 15.3. The predicted molar refractivity (Wildman–Crippen MR) is 105 cm³/mol. The second-order valence-electron chi connectivity index (χ2n) is 5.94. The summed E-state index contributed by atoms with van der Waals surface area (Å²) in [6.07, 6.45) is 2.71. The Balaban J connectivity index is 1.57. The topological polar surface area (TPSA) is 57.3 Å². The van der Waals surface area contributed by atoms with E-state index >= 15 is 0 Å². The van der Waals surface area contributed by atoms with Crippen LogP contribution in [0.15, 0.2) is 42.6 Å². The van der Waals surface area contributed by atoms with Gasteiger partial charge in [-0.1, -0.05) is 25.1 Å². The smallest absolute Gasteiger partial charge is 0.319 e. The molecule has 132 valence electrons. The monoisotopic (exact) mass is 356 g/mol. The van der Waals surface area contributed by atoms with Crippen molar-refractivity contribution in [2.45, 2.75) is 19.9 Å². The molecule has 0 bridgehead atoms. The first-order valence-electron chi connectivity index (χ1n) is 8.66. The van der Waals surface area contributed by atoms with Crippen molar-refractivity contribution in [3.8, 4) is 0 Å². The third kappa shape index (κ3) is 4.89. The van der Waals surface area contributed by atoms with Gasteiger partial charge >= 0.3 is 6.03 Å². The summed E-state index contributed by atoms with van der Waals surface area (Å²) in [5.74, 6) is 3.28. The first kappa shape index (κ1) is 17.6. The van der Waals surface area contributed by atoms with Crippen molar-refractivity contribution < 1.29 is 4.79 Å². The van der Waals surface area contributed by atoms with E-state index in [0.29, 0.717) is 6.54 Å². The summed E-state index contributed by atoms with van der Waals surface area (Å²) in [6, 6.07) is 11.7. The Morgan fingerprint density at radius 1 is 1.24 bits per heavy atom. The summed E-state index contributed by atoms with van der Waals surface area (Å²) in [4.78, 5) is 19.0. The number of carbonyl (C=O) groups excluding carboxylic acids is 1.